The third-order valence-electron chi connectivity index (χ3n) is 5.28. The summed E-state index contributed by atoms with van der Waals surface area (Å²) in [5.74, 6) is 2.35. The van der Waals surface area contributed by atoms with Gasteiger partial charge in [0.1, 0.15) is 23.6 Å². The number of aromatic nitrogens is 3. The van der Waals surface area contributed by atoms with Crippen molar-refractivity contribution in [1.82, 2.24) is 9.67 Å². The van der Waals surface area contributed by atoms with Gasteiger partial charge in [-0.1, -0.05) is 53.0 Å². The van der Waals surface area contributed by atoms with E-state index in [0.29, 0.717) is 32.5 Å². The second kappa shape index (κ2) is 7.61. The Morgan fingerprint density at radius 3 is 2.43 bits per heavy atom. The van der Waals surface area contributed by atoms with Gasteiger partial charge in [-0.25, -0.2) is 0 Å². The maximum absolute atomic E-state index is 6.63. The third-order valence-corrected chi connectivity index (χ3v) is 6.44. The molecule has 0 saturated carbocycles. The van der Waals surface area contributed by atoms with Gasteiger partial charge in [-0.15, -0.1) is 9.36 Å². The predicted octanol–water partition coefficient (Wildman–Crippen LogP) is 6.96. The molecule has 4 nitrogen and oxygen atoms in total. The maximum atomic E-state index is 6.63. The zero-order valence-corrected chi connectivity index (χ0v) is 18.9. The van der Waals surface area contributed by atoms with E-state index in [1.54, 1.807) is 12.1 Å². The second-order valence-electron chi connectivity index (χ2n) is 7.18. The first kappa shape index (κ1) is 20.0. The zero-order valence-electron chi connectivity index (χ0n) is 15.9. The first-order valence-corrected chi connectivity index (χ1v) is 11.0. The number of fused-ring (bicyclic) bond motifs is 3. The van der Waals surface area contributed by atoms with Crippen molar-refractivity contribution < 1.29 is 9.10 Å². The molecule has 0 amide bonds. The van der Waals surface area contributed by atoms with Crippen LogP contribution in [0.15, 0.2) is 46.9 Å². The summed E-state index contributed by atoms with van der Waals surface area (Å²) in [4.78, 5) is 5.03. The third kappa shape index (κ3) is 3.14. The molecule has 0 unspecified atom stereocenters. The monoisotopic (exact) mass is 478 g/mol. The molecular formula is C22H16Cl4N3O+. The summed E-state index contributed by atoms with van der Waals surface area (Å²) in [6.07, 6.45) is 1.63. The number of benzene rings is 2. The fourth-order valence-electron chi connectivity index (χ4n) is 3.94. The van der Waals surface area contributed by atoms with E-state index in [1.165, 1.54) is 0 Å². The van der Waals surface area contributed by atoms with Crippen molar-refractivity contribution in [2.75, 3.05) is 0 Å². The normalized spacial score (nSPS) is 13.1. The lowest BCUT2D eigenvalue weighted by molar-refractivity contribution is -0.756. The van der Waals surface area contributed by atoms with E-state index in [0.717, 1.165) is 46.9 Å². The van der Waals surface area contributed by atoms with Crippen LogP contribution in [0.1, 0.15) is 17.7 Å². The molecule has 2 aromatic carbocycles. The standard InChI is InChI=1S/C22H16Cl4N3O/c1-12-18-17(30-20(12)26)8-5-9-28-22(18)27-21(13-6-3-2-4-7-13)29(28)19-15(24)10-14(23)11-16(19)25/h2-4,6-7,10-11H,5,8-9H2,1H3/q+1. The molecule has 8 heteroatoms. The Kier molecular flexibility index (Phi) is 5.06. The molecule has 4 aromatic rings. The van der Waals surface area contributed by atoms with Crippen LogP contribution in [0.2, 0.25) is 20.3 Å². The molecule has 0 N–H and O–H groups in total. The highest BCUT2D eigenvalue weighted by atomic mass is 35.5. The van der Waals surface area contributed by atoms with Gasteiger partial charge in [-0.05, 0) is 54.2 Å². The average molecular weight is 480 g/mol. The zero-order chi connectivity index (χ0) is 21.0. The molecule has 0 bridgehead atoms. The van der Waals surface area contributed by atoms with E-state index in [2.05, 4.69) is 4.68 Å². The van der Waals surface area contributed by atoms with Gasteiger partial charge in [-0.2, -0.15) is 0 Å². The minimum Gasteiger partial charge on any atom is -0.448 e. The Morgan fingerprint density at radius 1 is 1.03 bits per heavy atom. The molecule has 3 heterocycles. The number of halogens is 4. The van der Waals surface area contributed by atoms with Gasteiger partial charge in [0.05, 0.1) is 10.0 Å². The molecule has 0 aliphatic carbocycles. The lowest BCUT2D eigenvalue weighted by Crippen LogP contribution is -2.44. The van der Waals surface area contributed by atoms with Crippen molar-refractivity contribution in [1.29, 1.82) is 0 Å². The van der Waals surface area contributed by atoms with Gasteiger partial charge in [0.15, 0.2) is 5.22 Å². The molecule has 1 aliphatic heterocycles. The van der Waals surface area contributed by atoms with Gasteiger partial charge in [0.25, 0.3) is 5.82 Å². The number of rotatable bonds is 2. The van der Waals surface area contributed by atoms with Crippen LogP contribution >= 0.6 is 46.4 Å². The van der Waals surface area contributed by atoms with Gasteiger partial charge >= 0.3 is 5.82 Å². The molecule has 30 heavy (non-hydrogen) atoms. The maximum Gasteiger partial charge on any atom is 0.355 e. The lowest BCUT2D eigenvalue weighted by Gasteiger charge is -2.12. The highest BCUT2D eigenvalue weighted by Crippen LogP contribution is 2.39. The highest BCUT2D eigenvalue weighted by Gasteiger charge is 2.37. The Balaban J connectivity index is 1.89. The van der Waals surface area contributed by atoms with Crippen molar-refractivity contribution in [3.8, 4) is 28.5 Å². The topological polar surface area (TPSA) is 34.8 Å². The lowest BCUT2D eigenvalue weighted by atomic mass is 10.1. The Bertz CT molecular complexity index is 1250. The minimum atomic E-state index is 0.395. The van der Waals surface area contributed by atoms with Crippen LogP contribution in [0.25, 0.3) is 28.5 Å². The Hall–Kier alpha value is -1.98. The van der Waals surface area contributed by atoms with E-state index >= 15 is 0 Å². The number of nitrogens with zero attached hydrogens (tertiary/aromatic N) is 3. The van der Waals surface area contributed by atoms with Crippen molar-refractivity contribution in [2.24, 2.45) is 0 Å². The van der Waals surface area contributed by atoms with Crippen molar-refractivity contribution in [2.45, 2.75) is 26.3 Å². The smallest absolute Gasteiger partial charge is 0.355 e. The van der Waals surface area contributed by atoms with Crippen LogP contribution in [0.5, 0.6) is 0 Å². The van der Waals surface area contributed by atoms with E-state index in [-0.39, 0.29) is 0 Å². The number of aryl methyl sites for hydroxylation is 1. The molecule has 0 spiro atoms. The van der Waals surface area contributed by atoms with E-state index in [9.17, 15) is 0 Å². The molecule has 1 aliphatic rings. The molecule has 0 saturated heterocycles. The van der Waals surface area contributed by atoms with E-state index in [4.69, 9.17) is 55.8 Å². The molecular weight excluding hydrogens is 464 g/mol. The van der Waals surface area contributed by atoms with Gasteiger partial charge in [0, 0.05) is 22.6 Å². The minimum absolute atomic E-state index is 0.395. The van der Waals surface area contributed by atoms with Crippen LogP contribution in [-0.4, -0.2) is 9.67 Å². The summed E-state index contributed by atoms with van der Waals surface area (Å²) in [6, 6.07) is 13.3. The highest BCUT2D eigenvalue weighted by molar-refractivity contribution is 6.40. The number of furan rings is 1. The van der Waals surface area contributed by atoms with Crippen LogP contribution < -0.4 is 4.68 Å². The predicted molar refractivity (Wildman–Crippen MR) is 120 cm³/mol. The van der Waals surface area contributed by atoms with Crippen molar-refractivity contribution in [3.05, 3.63) is 74.1 Å². The van der Waals surface area contributed by atoms with Crippen LogP contribution in [0.3, 0.4) is 0 Å². The Labute approximate surface area is 193 Å². The molecule has 152 valence electrons. The first-order chi connectivity index (χ1) is 14.5. The number of hydrogen-bond donors (Lipinski definition) is 0. The average Bonchev–Trinajstić information content (AvgIpc) is 3.13. The molecule has 5 rings (SSSR count). The fraction of sp³-hybridized carbons (Fsp3) is 0.182. The molecule has 0 fully saturated rings. The van der Waals surface area contributed by atoms with Gasteiger partial charge in [-0.3, -0.25) is 0 Å². The molecule has 0 radical (unpaired) electrons. The summed E-state index contributed by atoms with van der Waals surface area (Å²) < 4.78 is 9.90. The van der Waals surface area contributed by atoms with Crippen LogP contribution in [0.4, 0.5) is 0 Å². The summed E-state index contributed by atoms with van der Waals surface area (Å²) in [5, 5.41) is 1.77. The quantitative estimate of drug-likeness (QED) is 0.291. The van der Waals surface area contributed by atoms with E-state index in [1.807, 2.05) is 41.9 Å². The van der Waals surface area contributed by atoms with Crippen LogP contribution in [0, 0.1) is 6.92 Å². The van der Waals surface area contributed by atoms with Crippen molar-refractivity contribution >= 4 is 46.4 Å². The van der Waals surface area contributed by atoms with Gasteiger partial charge in [0.2, 0.25) is 0 Å². The summed E-state index contributed by atoms with van der Waals surface area (Å²) in [5.41, 5.74) is 3.37. The molecule has 2 aromatic heterocycles. The largest absolute Gasteiger partial charge is 0.448 e. The van der Waals surface area contributed by atoms with E-state index < -0.39 is 0 Å². The summed E-state index contributed by atoms with van der Waals surface area (Å²) in [7, 11) is 0. The first-order valence-electron chi connectivity index (χ1n) is 9.47. The SMILES string of the molecule is Cc1c(Cl)oc2c1-c1nc(-c3ccccc3)n(-c3c(Cl)cc(Cl)cc3Cl)[n+]1CCC2. The van der Waals surface area contributed by atoms with Crippen molar-refractivity contribution in [3.63, 3.8) is 0 Å². The fourth-order valence-corrected chi connectivity index (χ4v) is 5.11. The second-order valence-corrected chi connectivity index (χ2v) is 8.77. The Morgan fingerprint density at radius 2 is 1.73 bits per heavy atom. The summed E-state index contributed by atoms with van der Waals surface area (Å²) >= 11 is 25.8. The molecule has 0 atom stereocenters. The van der Waals surface area contributed by atoms with Gasteiger partial charge < -0.3 is 4.42 Å². The summed E-state index contributed by atoms with van der Waals surface area (Å²) in [6.45, 7) is 2.66. The number of hydrogen-bond acceptors (Lipinski definition) is 2. The van der Waals surface area contributed by atoms with Crippen LogP contribution in [-0.2, 0) is 13.0 Å².